The van der Waals surface area contributed by atoms with Gasteiger partial charge in [0, 0.05) is 6.54 Å². The van der Waals surface area contributed by atoms with Crippen molar-refractivity contribution in [3.8, 4) is 11.5 Å². The summed E-state index contributed by atoms with van der Waals surface area (Å²) in [5, 5.41) is 2.66. The molecule has 0 bridgehead atoms. The lowest BCUT2D eigenvalue weighted by atomic mass is 10.0. The largest absolute Gasteiger partial charge is 0.493 e. The molecular weight excluding hydrogens is 206 g/mol. The molecule has 1 rings (SSSR count). The molecule has 0 heterocycles. The number of ether oxygens (including phenoxy) is 2. The molecular formula is C12H17NO3. The third-order valence-electron chi connectivity index (χ3n) is 2.48. The minimum atomic E-state index is 0.241. The van der Waals surface area contributed by atoms with Crippen molar-refractivity contribution in [3.63, 3.8) is 0 Å². The molecule has 0 aliphatic carbocycles. The molecule has 0 fully saturated rings. The number of hydrogen-bond acceptors (Lipinski definition) is 3. The molecule has 1 N–H and O–H groups in total. The van der Waals surface area contributed by atoms with Gasteiger partial charge in [0.2, 0.25) is 6.41 Å². The molecule has 4 heteroatoms. The number of nitrogens with one attached hydrogen (secondary N) is 1. The highest BCUT2D eigenvalue weighted by Gasteiger charge is 2.09. The SMILES string of the molecule is COc1ccc([C@@H](C)CNC=O)cc1OC. The Balaban J connectivity index is 2.85. The van der Waals surface area contributed by atoms with Gasteiger partial charge in [-0.05, 0) is 23.6 Å². The Morgan fingerprint density at radius 3 is 2.56 bits per heavy atom. The normalized spacial score (nSPS) is 11.7. The monoisotopic (exact) mass is 223 g/mol. The van der Waals surface area contributed by atoms with Crippen LogP contribution >= 0.6 is 0 Å². The van der Waals surface area contributed by atoms with Gasteiger partial charge < -0.3 is 14.8 Å². The molecule has 88 valence electrons. The van der Waals surface area contributed by atoms with Crippen LogP contribution in [0.4, 0.5) is 0 Å². The van der Waals surface area contributed by atoms with Crippen molar-refractivity contribution in [2.45, 2.75) is 12.8 Å². The van der Waals surface area contributed by atoms with Gasteiger partial charge in [-0.25, -0.2) is 0 Å². The van der Waals surface area contributed by atoms with Crippen molar-refractivity contribution in [2.24, 2.45) is 0 Å². The second-order valence-corrected chi connectivity index (χ2v) is 3.54. The minimum absolute atomic E-state index is 0.241. The Hall–Kier alpha value is -1.71. The van der Waals surface area contributed by atoms with Gasteiger partial charge in [-0.3, -0.25) is 4.79 Å². The van der Waals surface area contributed by atoms with E-state index in [1.165, 1.54) is 0 Å². The third-order valence-corrected chi connectivity index (χ3v) is 2.48. The standard InChI is InChI=1S/C12H17NO3/c1-9(7-13-8-14)10-4-5-11(15-2)12(6-10)16-3/h4-6,8-9H,7H2,1-3H3,(H,13,14)/t9-/m0/s1. The third kappa shape index (κ3) is 2.89. The molecule has 4 nitrogen and oxygen atoms in total. The van der Waals surface area contributed by atoms with Gasteiger partial charge >= 0.3 is 0 Å². The summed E-state index contributed by atoms with van der Waals surface area (Å²) in [6.07, 6.45) is 0.706. The van der Waals surface area contributed by atoms with Crippen molar-refractivity contribution < 1.29 is 14.3 Å². The second-order valence-electron chi connectivity index (χ2n) is 3.54. The van der Waals surface area contributed by atoms with Crippen LogP contribution in [0.3, 0.4) is 0 Å². The fourth-order valence-electron chi connectivity index (χ4n) is 1.50. The molecule has 0 saturated heterocycles. The Morgan fingerprint density at radius 1 is 1.31 bits per heavy atom. The lowest BCUT2D eigenvalue weighted by Crippen LogP contribution is -2.17. The van der Waals surface area contributed by atoms with Gasteiger partial charge in [0.05, 0.1) is 14.2 Å². The van der Waals surface area contributed by atoms with Crippen LogP contribution in [0.2, 0.25) is 0 Å². The topological polar surface area (TPSA) is 47.6 Å². The number of carbonyl (C=O) groups excluding carboxylic acids is 1. The van der Waals surface area contributed by atoms with Crippen LogP contribution in [0.1, 0.15) is 18.4 Å². The van der Waals surface area contributed by atoms with E-state index in [1.807, 2.05) is 25.1 Å². The highest BCUT2D eigenvalue weighted by Crippen LogP contribution is 2.30. The first-order chi connectivity index (χ1) is 7.72. The van der Waals surface area contributed by atoms with E-state index in [9.17, 15) is 4.79 Å². The Kier molecular flexibility index (Phi) is 4.64. The molecule has 1 atom stereocenters. The molecule has 0 saturated carbocycles. The van der Waals surface area contributed by atoms with E-state index in [1.54, 1.807) is 14.2 Å². The molecule has 0 unspecified atom stereocenters. The summed E-state index contributed by atoms with van der Waals surface area (Å²) in [6.45, 7) is 2.65. The Bertz CT molecular complexity index is 352. The molecule has 0 aromatic heterocycles. The van der Waals surface area contributed by atoms with E-state index >= 15 is 0 Å². The maximum atomic E-state index is 10.2. The molecule has 0 radical (unpaired) electrons. The summed E-state index contributed by atoms with van der Waals surface area (Å²) in [7, 11) is 3.21. The quantitative estimate of drug-likeness (QED) is 0.744. The van der Waals surface area contributed by atoms with E-state index < -0.39 is 0 Å². The summed E-state index contributed by atoms with van der Waals surface area (Å²) >= 11 is 0. The van der Waals surface area contributed by atoms with Crippen molar-refractivity contribution in [3.05, 3.63) is 23.8 Å². The van der Waals surface area contributed by atoms with Crippen LogP contribution in [0, 0.1) is 0 Å². The number of amides is 1. The first-order valence-electron chi connectivity index (χ1n) is 5.11. The van der Waals surface area contributed by atoms with Crippen LogP contribution < -0.4 is 14.8 Å². The molecule has 0 spiro atoms. The number of hydrogen-bond donors (Lipinski definition) is 1. The van der Waals surface area contributed by atoms with Gasteiger partial charge in [0.1, 0.15) is 0 Å². The Morgan fingerprint density at radius 2 is 2.00 bits per heavy atom. The summed E-state index contributed by atoms with van der Waals surface area (Å²) < 4.78 is 10.4. The first kappa shape index (κ1) is 12.4. The number of benzene rings is 1. The highest BCUT2D eigenvalue weighted by atomic mass is 16.5. The molecule has 0 aliphatic heterocycles. The van der Waals surface area contributed by atoms with Crippen LogP contribution in [0.5, 0.6) is 11.5 Å². The van der Waals surface area contributed by atoms with Gasteiger partial charge in [0.15, 0.2) is 11.5 Å². The predicted molar refractivity (Wildman–Crippen MR) is 62.0 cm³/mol. The minimum Gasteiger partial charge on any atom is -0.493 e. The number of methoxy groups -OCH3 is 2. The van der Waals surface area contributed by atoms with Crippen LogP contribution in [-0.2, 0) is 4.79 Å². The van der Waals surface area contributed by atoms with E-state index in [-0.39, 0.29) is 5.92 Å². The van der Waals surface area contributed by atoms with Crippen molar-refractivity contribution >= 4 is 6.41 Å². The van der Waals surface area contributed by atoms with Crippen molar-refractivity contribution in [2.75, 3.05) is 20.8 Å². The van der Waals surface area contributed by atoms with E-state index in [0.717, 1.165) is 5.56 Å². The highest BCUT2D eigenvalue weighted by molar-refractivity contribution is 5.47. The van der Waals surface area contributed by atoms with E-state index in [0.29, 0.717) is 24.5 Å². The first-order valence-corrected chi connectivity index (χ1v) is 5.11. The smallest absolute Gasteiger partial charge is 0.207 e. The number of rotatable bonds is 6. The summed E-state index contributed by atoms with van der Waals surface area (Å²) in [4.78, 5) is 10.2. The van der Waals surface area contributed by atoms with Crippen LogP contribution in [0.25, 0.3) is 0 Å². The van der Waals surface area contributed by atoms with E-state index in [4.69, 9.17) is 9.47 Å². The zero-order valence-electron chi connectivity index (χ0n) is 9.82. The Labute approximate surface area is 95.6 Å². The fourth-order valence-corrected chi connectivity index (χ4v) is 1.50. The molecule has 0 aliphatic rings. The average molecular weight is 223 g/mol. The summed E-state index contributed by atoms with van der Waals surface area (Å²) in [5.41, 5.74) is 1.10. The fraction of sp³-hybridized carbons (Fsp3) is 0.417. The molecule has 16 heavy (non-hydrogen) atoms. The molecule has 1 amide bonds. The van der Waals surface area contributed by atoms with Crippen LogP contribution in [-0.4, -0.2) is 27.2 Å². The predicted octanol–water partition coefficient (Wildman–Crippen LogP) is 1.55. The lowest BCUT2D eigenvalue weighted by molar-refractivity contribution is -0.109. The summed E-state index contributed by atoms with van der Waals surface area (Å²) in [6, 6.07) is 5.76. The van der Waals surface area contributed by atoms with Crippen molar-refractivity contribution in [1.29, 1.82) is 0 Å². The maximum Gasteiger partial charge on any atom is 0.207 e. The number of carbonyl (C=O) groups is 1. The van der Waals surface area contributed by atoms with Crippen LogP contribution in [0.15, 0.2) is 18.2 Å². The molecule has 1 aromatic rings. The second kappa shape index (κ2) is 6.00. The van der Waals surface area contributed by atoms with Gasteiger partial charge in [-0.15, -0.1) is 0 Å². The summed E-state index contributed by atoms with van der Waals surface area (Å²) in [5.74, 6) is 1.66. The van der Waals surface area contributed by atoms with Gasteiger partial charge in [0.25, 0.3) is 0 Å². The zero-order chi connectivity index (χ0) is 12.0. The van der Waals surface area contributed by atoms with Crippen molar-refractivity contribution in [1.82, 2.24) is 5.32 Å². The molecule has 1 aromatic carbocycles. The zero-order valence-corrected chi connectivity index (χ0v) is 9.82. The van der Waals surface area contributed by atoms with Gasteiger partial charge in [-0.2, -0.15) is 0 Å². The van der Waals surface area contributed by atoms with E-state index in [2.05, 4.69) is 5.32 Å². The average Bonchev–Trinajstić information content (AvgIpc) is 2.34. The lowest BCUT2D eigenvalue weighted by Gasteiger charge is -2.14. The van der Waals surface area contributed by atoms with Gasteiger partial charge in [-0.1, -0.05) is 13.0 Å². The maximum absolute atomic E-state index is 10.2.